The molecule has 0 aromatic heterocycles. The van der Waals surface area contributed by atoms with Gasteiger partial charge in [0.2, 0.25) is 18.6 Å². The van der Waals surface area contributed by atoms with E-state index in [1.807, 2.05) is 18.2 Å². The number of nitrogens with one attached hydrogen (secondary N) is 3. The number of ketones is 1. The maximum atomic E-state index is 14.4. The standard InChI is InChI=1S/C39H55N3O6/c1-22-9-13-39(41-20-22)23(2)36-32(48-39)17-29-27-7-6-25-16-26(10-12-37(25,3)28(27)18-33(43)38(29,36)4)42-35(45)19-34(44)40-14-11-24-5-8-30-31(15-24)47-21-46-30/h5,8,15,22-23,25-29,32,36,41H,6-7,9-14,16-21H2,1-4H3,(H,40,44)(H,42,45)/t22-,23+,25+,26?,27-,28+,29+,32+,36+,37+,38-,39-/m1/s1. The number of carbonyl (C=O) groups excluding carboxylic acids is 3. The fourth-order valence-electron chi connectivity index (χ4n) is 12.2. The first-order valence-corrected chi connectivity index (χ1v) is 18.9. The van der Waals surface area contributed by atoms with Crippen molar-refractivity contribution in [3.8, 4) is 11.5 Å². The SMILES string of the molecule is C[C@@H]1CC[C@@]2(NC1)O[C@H]1C[C@H]3[C@@H]4CC[C@H]5CC(NC(=O)CC(=O)NCCc6ccc7c(c6)OCO7)CC[C@]5(C)[C@H]4CC(=O)[C@]3(C)[C@H]1[C@@H]2C. The first-order chi connectivity index (χ1) is 23.0. The molecule has 9 heteroatoms. The predicted octanol–water partition coefficient (Wildman–Crippen LogP) is 5.15. The van der Waals surface area contributed by atoms with Crippen LogP contribution in [0.5, 0.6) is 11.5 Å². The molecule has 0 bridgehead atoms. The molecule has 1 spiro atoms. The lowest BCUT2D eigenvalue weighted by Crippen LogP contribution is -2.60. The largest absolute Gasteiger partial charge is 0.454 e. The van der Waals surface area contributed by atoms with Gasteiger partial charge in [-0.05, 0) is 110 Å². The van der Waals surface area contributed by atoms with Gasteiger partial charge in [0.15, 0.2) is 11.5 Å². The highest BCUT2D eigenvalue weighted by Crippen LogP contribution is 2.70. The number of piperidine rings is 1. The molecule has 262 valence electrons. The van der Waals surface area contributed by atoms with Crippen LogP contribution in [0, 0.1) is 52.3 Å². The Balaban J connectivity index is 0.851. The molecule has 0 radical (unpaired) electrons. The summed E-state index contributed by atoms with van der Waals surface area (Å²) < 4.78 is 17.8. The molecule has 4 saturated carbocycles. The molecular weight excluding hydrogens is 606 g/mol. The highest BCUT2D eigenvalue weighted by atomic mass is 16.7. The predicted molar refractivity (Wildman–Crippen MR) is 180 cm³/mol. The molecule has 12 atom stereocenters. The van der Waals surface area contributed by atoms with Crippen LogP contribution in [-0.2, 0) is 25.5 Å². The van der Waals surface area contributed by atoms with Gasteiger partial charge in [-0.15, -0.1) is 0 Å². The molecule has 3 heterocycles. The van der Waals surface area contributed by atoms with Gasteiger partial charge in [0.05, 0.1) is 6.10 Å². The number of amides is 2. The lowest BCUT2D eigenvalue weighted by atomic mass is 9.44. The fraction of sp³-hybridized carbons (Fsp3) is 0.769. The molecule has 2 saturated heterocycles. The van der Waals surface area contributed by atoms with Crippen LogP contribution in [-0.4, -0.2) is 55.4 Å². The number of benzene rings is 1. The molecule has 8 rings (SSSR count). The number of rotatable bonds is 6. The second-order valence-corrected chi connectivity index (χ2v) is 17.2. The van der Waals surface area contributed by atoms with Crippen molar-refractivity contribution in [1.82, 2.24) is 16.0 Å². The number of hydrogen-bond acceptors (Lipinski definition) is 7. The molecule has 3 N–H and O–H groups in total. The van der Waals surface area contributed by atoms with Gasteiger partial charge in [0, 0.05) is 42.8 Å². The maximum Gasteiger partial charge on any atom is 0.231 e. The van der Waals surface area contributed by atoms with Crippen molar-refractivity contribution in [1.29, 1.82) is 0 Å². The van der Waals surface area contributed by atoms with Crippen molar-refractivity contribution in [2.45, 2.75) is 116 Å². The van der Waals surface area contributed by atoms with E-state index in [1.54, 1.807) is 0 Å². The van der Waals surface area contributed by atoms with Gasteiger partial charge in [-0.3, -0.25) is 19.7 Å². The van der Waals surface area contributed by atoms with E-state index in [9.17, 15) is 14.4 Å². The van der Waals surface area contributed by atoms with E-state index < -0.39 is 0 Å². The first-order valence-electron chi connectivity index (χ1n) is 18.9. The average Bonchev–Trinajstić information content (AvgIpc) is 3.72. The zero-order valence-electron chi connectivity index (χ0n) is 29.3. The maximum absolute atomic E-state index is 14.4. The molecule has 1 aromatic carbocycles. The molecule has 9 nitrogen and oxygen atoms in total. The second-order valence-electron chi connectivity index (χ2n) is 17.2. The molecule has 48 heavy (non-hydrogen) atoms. The van der Waals surface area contributed by atoms with E-state index in [0.29, 0.717) is 66.6 Å². The van der Waals surface area contributed by atoms with Crippen molar-refractivity contribution in [3.05, 3.63) is 23.8 Å². The number of carbonyl (C=O) groups is 3. The highest BCUT2D eigenvalue weighted by molar-refractivity contribution is 5.97. The lowest BCUT2D eigenvalue weighted by molar-refractivity contribution is -0.160. The van der Waals surface area contributed by atoms with Crippen LogP contribution in [0.4, 0.5) is 0 Å². The van der Waals surface area contributed by atoms with Crippen LogP contribution >= 0.6 is 0 Å². The number of ether oxygens (including phenoxy) is 3. The summed E-state index contributed by atoms with van der Waals surface area (Å²) in [5.41, 5.74) is 0.610. The molecule has 4 aliphatic carbocycles. The fourth-order valence-corrected chi connectivity index (χ4v) is 12.2. The summed E-state index contributed by atoms with van der Waals surface area (Å²) in [6.07, 6.45) is 9.81. The van der Waals surface area contributed by atoms with Crippen molar-refractivity contribution < 1.29 is 28.6 Å². The molecule has 1 aromatic rings. The topological polar surface area (TPSA) is 115 Å². The second kappa shape index (κ2) is 12.0. The summed E-state index contributed by atoms with van der Waals surface area (Å²) >= 11 is 0. The summed E-state index contributed by atoms with van der Waals surface area (Å²) in [7, 11) is 0. The third-order valence-corrected chi connectivity index (χ3v) is 14.9. The summed E-state index contributed by atoms with van der Waals surface area (Å²) in [4.78, 5) is 39.9. The molecule has 6 fully saturated rings. The van der Waals surface area contributed by atoms with Crippen molar-refractivity contribution >= 4 is 17.6 Å². The zero-order chi connectivity index (χ0) is 33.4. The van der Waals surface area contributed by atoms with Crippen molar-refractivity contribution in [3.63, 3.8) is 0 Å². The minimum Gasteiger partial charge on any atom is -0.454 e. The van der Waals surface area contributed by atoms with Gasteiger partial charge >= 0.3 is 0 Å². The van der Waals surface area contributed by atoms with Crippen molar-refractivity contribution in [2.24, 2.45) is 52.3 Å². The molecule has 2 amide bonds. The van der Waals surface area contributed by atoms with E-state index in [1.165, 1.54) is 12.8 Å². The van der Waals surface area contributed by atoms with Gasteiger partial charge in [0.25, 0.3) is 0 Å². The first kappa shape index (κ1) is 32.5. The molecular formula is C39H55N3O6. The summed E-state index contributed by atoms with van der Waals surface area (Å²) in [6.45, 7) is 11.1. The van der Waals surface area contributed by atoms with Crippen LogP contribution in [0.15, 0.2) is 18.2 Å². The number of fused-ring (bicyclic) bond motifs is 8. The van der Waals surface area contributed by atoms with Crippen LogP contribution in [0.2, 0.25) is 0 Å². The van der Waals surface area contributed by atoms with Crippen LogP contribution in [0.3, 0.4) is 0 Å². The summed E-state index contributed by atoms with van der Waals surface area (Å²) in [6, 6.07) is 5.87. The third kappa shape index (κ3) is 5.19. The molecule has 3 aliphatic heterocycles. The Kier molecular flexibility index (Phi) is 8.13. The van der Waals surface area contributed by atoms with E-state index >= 15 is 0 Å². The van der Waals surface area contributed by atoms with Crippen LogP contribution < -0.4 is 25.4 Å². The van der Waals surface area contributed by atoms with E-state index in [0.717, 1.165) is 62.1 Å². The third-order valence-electron chi connectivity index (χ3n) is 14.9. The normalized spacial score (nSPS) is 44.0. The van der Waals surface area contributed by atoms with Gasteiger partial charge in [-0.1, -0.05) is 33.8 Å². The van der Waals surface area contributed by atoms with E-state index in [2.05, 4.69) is 43.6 Å². The van der Waals surface area contributed by atoms with Gasteiger partial charge < -0.3 is 24.8 Å². The van der Waals surface area contributed by atoms with Gasteiger partial charge in [-0.25, -0.2) is 0 Å². The molecule has 1 unspecified atom stereocenters. The number of hydrogen-bond donors (Lipinski definition) is 3. The van der Waals surface area contributed by atoms with E-state index in [4.69, 9.17) is 14.2 Å². The van der Waals surface area contributed by atoms with Crippen molar-refractivity contribution in [2.75, 3.05) is 19.9 Å². The summed E-state index contributed by atoms with van der Waals surface area (Å²) in [5, 5.41) is 9.90. The number of Topliss-reactive ketones (excluding diaryl/α,β-unsaturated/α-hetero) is 1. The Morgan fingerprint density at radius 2 is 1.81 bits per heavy atom. The Hall–Kier alpha value is -2.65. The summed E-state index contributed by atoms with van der Waals surface area (Å²) in [5.74, 6) is 4.69. The zero-order valence-corrected chi connectivity index (χ0v) is 29.3. The quantitative estimate of drug-likeness (QED) is 0.362. The van der Waals surface area contributed by atoms with Gasteiger partial charge in [0.1, 0.15) is 17.9 Å². The molecule has 7 aliphatic rings. The lowest BCUT2D eigenvalue weighted by Gasteiger charge is -2.60. The Labute approximate surface area is 285 Å². The van der Waals surface area contributed by atoms with E-state index in [-0.39, 0.29) is 53.7 Å². The Bertz CT molecular complexity index is 1460. The van der Waals surface area contributed by atoms with Crippen LogP contribution in [0.25, 0.3) is 0 Å². The average molecular weight is 662 g/mol. The monoisotopic (exact) mass is 661 g/mol. The Morgan fingerprint density at radius 3 is 2.62 bits per heavy atom. The Morgan fingerprint density at radius 1 is 0.979 bits per heavy atom. The minimum atomic E-state index is -0.293. The smallest absolute Gasteiger partial charge is 0.231 e. The van der Waals surface area contributed by atoms with Crippen LogP contribution in [0.1, 0.15) is 97.5 Å². The highest BCUT2D eigenvalue weighted by Gasteiger charge is 2.71. The minimum absolute atomic E-state index is 0.0834. The van der Waals surface area contributed by atoms with Gasteiger partial charge in [-0.2, -0.15) is 0 Å².